The zero-order valence-corrected chi connectivity index (χ0v) is 20.1. The fourth-order valence-corrected chi connectivity index (χ4v) is 4.04. The largest absolute Gasteiger partial charge is 0.414 e. The summed E-state index contributed by atoms with van der Waals surface area (Å²) in [5.41, 5.74) is 0.795. The number of amides is 3. The number of benzene rings is 2. The van der Waals surface area contributed by atoms with Crippen LogP contribution in [0.15, 0.2) is 71.8 Å². The van der Waals surface area contributed by atoms with Gasteiger partial charge in [0.05, 0.1) is 17.1 Å². The molecule has 3 aromatic rings. The van der Waals surface area contributed by atoms with Crippen LogP contribution < -0.4 is 20.1 Å². The lowest BCUT2D eigenvalue weighted by molar-refractivity contribution is 0.0951. The fourth-order valence-electron chi connectivity index (χ4n) is 3.00. The lowest BCUT2D eigenvalue weighted by Gasteiger charge is -2.10. The standard InChI is InChI=1S/C24H23FN4O7S/c25-19-7-4-17(5-8-19)22(31)26-11-10-16-2-1-3-20(14-16)37(34,35)29-23(32)18-6-9-21(28-15-18)36-24(33)27-12-13-30/h1-9,14-15,30H,10-13H2,(H,26,31)(H,27,33)(H,29,32). The molecule has 0 saturated carbocycles. The predicted molar refractivity (Wildman–Crippen MR) is 129 cm³/mol. The van der Waals surface area contributed by atoms with Gasteiger partial charge in [-0.2, -0.15) is 0 Å². The number of aliphatic hydroxyl groups is 1. The number of aromatic nitrogens is 1. The molecule has 3 rings (SSSR count). The topological polar surface area (TPSA) is 164 Å². The number of hydrogen-bond acceptors (Lipinski definition) is 8. The van der Waals surface area contributed by atoms with Gasteiger partial charge in [-0.15, -0.1) is 0 Å². The first-order valence-electron chi connectivity index (χ1n) is 10.9. The molecule has 37 heavy (non-hydrogen) atoms. The van der Waals surface area contributed by atoms with Gasteiger partial charge in [-0.3, -0.25) is 9.59 Å². The molecule has 4 N–H and O–H groups in total. The molecule has 3 amide bonds. The molecule has 1 aromatic heterocycles. The molecule has 2 aromatic carbocycles. The first-order chi connectivity index (χ1) is 17.7. The van der Waals surface area contributed by atoms with E-state index in [1.165, 1.54) is 54.6 Å². The summed E-state index contributed by atoms with van der Waals surface area (Å²) in [6.45, 7) is -0.0830. The molecule has 0 atom stereocenters. The maximum absolute atomic E-state index is 13.0. The maximum Gasteiger partial charge on any atom is 0.414 e. The Labute approximate surface area is 211 Å². The highest BCUT2D eigenvalue weighted by Crippen LogP contribution is 2.14. The summed E-state index contributed by atoms with van der Waals surface area (Å²) in [5, 5.41) is 13.6. The molecular weight excluding hydrogens is 507 g/mol. The summed E-state index contributed by atoms with van der Waals surface area (Å²) in [4.78, 5) is 39.7. The Morgan fingerprint density at radius 1 is 0.919 bits per heavy atom. The molecule has 13 heteroatoms. The zero-order valence-electron chi connectivity index (χ0n) is 19.3. The Hall–Kier alpha value is -4.36. The Balaban J connectivity index is 1.57. The number of ether oxygens (including phenoxy) is 1. The molecule has 194 valence electrons. The highest BCUT2D eigenvalue weighted by atomic mass is 32.2. The molecule has 0 aliphatic heterocycles. The van der Waals surface area contributed by atoms with Crippen LogP contribution in [0.1, 0.15) is 26.3 Å². The average Bonchev–Trinajstić information content (AvgIpc) is 2.88. The van der Waals surface area contributed by atoms with E-state index in [4.69, 9.17) is 9.84 Å². The minimum Gasteiger partial charge on any atom is -0.395 e. The van der Waals surface area contributed by atoms with Crippen molar-refractivity contribution in [3.63, 3.8) is 0 Å². The van der Waals surface area contributed by atoms with Crippen molar-refractivity contribution in [2.75, 3.05) is 19.7 Å². The normalized spacial score (nSPS) is 10.9. The summed E-state index contributed by atoms with van der Waals surface area (Å²) in [7, 11) is -4.23. The second-order valence-corrected chi connectivity index (χ2v) is 9.20. The van der Waals surface area contributed by atoms with E-state index < -0.39 is 33.7 Å². The third kappa shape index (κ3) is 8.08. The molecular formula is C24H23FN4O7S. The lowest BCUT2D eigenvalue weighted by atomic mass is 10.1. The van der Waals surface area contributed by atoms with Crippen molar-refractivity contribution < 1.29 is 37.0 Å². The number of hydrogen-bond donors (Lipinski definition) is 4. The molecule has 11 nitrogen and oxygen atoms in total. The van der Waals surface area contributed by atoms with Crippen LogP contribution in [-0.2, 0) is 16.4 Å². The summed E-state index contributed by atoms with van der Waals surface area (Å²) in [6.07, 6.45) is 0.498. The number of carbonyl (C=O) groups excluding carboxylic acids is 3. The van der Waals surface area contributed by atoms with Crippen LogP contribution in [0.2, 0.25) is 0 Å². The first-order valence-corrected chi connectivity index (χ1v) is 12.4. The van der Waals surface area contributed by atoms with Gasteiger partial charge in [0.25, 0.3) is 21.8 Å². The third-order valence-corrected chi connectivity index (χ3v) is 6.15. The van der Waals surface area contributed by atoms with Gasteiger partial charge in [0.2, 0.25) is 5.88 Å². The van der Waals surface area contributed by atoms with E-state index >= 15 is 0 Å². The van der Waals surface area contributed by atoms with Crippen LogP contribution in [0.5, 0.6) is 5.88 Å². The van der Waals surface area contributed by atoms with E-state index in [2.05, 4.69) is 15.6 Å². The van der Waals surface area contributed by atoms with Crippen molar-refractivity contribution in [1.29, 1.82) is 0 Å². The summed E-state index contributed by atoms with van der Waals surface area (Å²) in [5.74, 6) is -1.93. The minimum absolute atomic E-state index is 0.0109. The van der Waals surface area contributed by atoms with E-state index in [0.717, 1.165) is 6.20 Å². The number of nitrogens with one attached hydrogen (secondary N) is 3. The molecule has 0 aliphatic rings. The summed E-state index contributed by atoms with van der Waals surface area (Å²) in [6, 6.07) is 13.4. The predicted octanol–water partition coefficient (Wildman–Crippen LogP) is 1.39. The number of sulfonamides is 1. The van der Waals surface area contributed by atoms with Gasteiger partial charge in [-0.1, -0.05) is 12.1 Å². The molecule has 0 saturated heterocycles. The number of rotatable bonds is 10. The monoisotopic (exact) mass is 530 g/mol. The third-order valence-electron chi connectivity index (χ3n) is 4.82. The molecule has 0 spiro atoms. The Morgan fingerprint density at radius 3 is 2.32 bits per heavy atom. The lowest BCUT2D eigenvalue weighted by Crippen LogP contribution is -2.31. The average molecular weight is 531 g/mol. The Kier molecular flexibility index (Phi) is 9.24. The molecule has 0 aliphatic carbocycles. The van der Waals surface area contributed by atoms with Crippen molar-refractivity contribution >= 4 is 27.9 Å². The van der Waals surface area contributed by atoms with Crippen molar-refractivity contribution in [2.24, 2.45) is 0 Å². The number of pyridine rings is 1. The minimum atomic E-state index is -4.23. The Morgan fingerprint density at radius 2 is 1.65 bits per heavy atom. The molecule has 0 fully saturated rings. The quantitative estimate of drug-likeness (QED) is 0.306. The SMILES string of the molecule is O=C(NCCO)Oc1ccc(C(=O)NS(=O)(=O)c2cccc(CCNC(=O)c3ccc(F)cc3)c2)cn1. The maximum atomic E-state index is 13.0. The van der Waals surface area contributed by atoms with Crippen LogP contribution in [-0.4, -0.2) is 56.1 Å². The van der Waals surface area contributed by atoms with Crippen molar-refractivity contribution in [3.05, 3.63) is 89.4 Å². The molecule has 0 unspecified atom stereocenters. The highest BCUT2D eigenvalue weighted by molar-refractivity contribution is 7.90. The van der Waals surface area contributed by atoms with Crippen molar-refractivity contribution in [1.82, 2.24) is 20.3 Å². The van der Waals surface area contributed by atoms with Crippen LogP contribution in [0.3, 0.4) is 0 Å². The van der Waals surface area contributed by atoms with Gasteiger partial charge in [-0.25, -0.2) is 27.3 Å². The van der Waals surface area contributed by atoms with E-state index in [1.54, 1.807) is 6.07 Å². The molecule has 1 heterocycles. The second-order valence-electron chi connectivity index (χ2n) is 7.52. The van der Waals surface area contributed by atoms with Gasteiger partial charge in [-0.05, 0) is 54.4 Å². The van der Waals surface area contributed by atoms with Crippen LogP contribution in [0.25, 0.3) is 0 Å². The van der Waals surface area contributed by atoms with Crippen LogP contribution in [0.4, 0.5) is 9.18 Å². The van der Waals surface area contributed by atoms with Gasteiger partial charge < -0.3 is 20.5 Å². The van der Waals surface area contributed by atoms with Crippen LogP contribution in [0, 0.1) is 5.82 Å². The molecule has 0 radical (unpaired) electrons. The van der Waals surface area contributed by atoms with E-state index in [9.17, 15) is 27.2 Å². The smallest absolute Gasteiger partial charge is 0.395 e. The number of halogens is 1. The Bertz CT molecular complexity index is 1360. The first kappa shape index (κ1) is 27.2. The van der Waals surface area contributed by atoms with Crippen molar-refractivity contribution in [2.45, 2.75) is 11.3 Å². The van der Waals surface area contributed by atoms with E-state index in [1.807, 2.05) is 4.72 Å². The van der Waals surface area contributed by atoms with Gasteiger partial charge in [0.1, 0.15) is 5.82 Å². The summed E-state index contributed by atoms with van der Waals surface area (Å²) < 4.78 is 45.2. The zero-order chi connectivity index (χ0) is 26.8. The fraction of sp³-hybridized carbons (Fsp3) is 0.167. The van der Waals surface area contributed by atoms with E-state index in [0.29, 0.717) is 17.5 Å². The van der Waals surface area contributed by atoms with Crippen molar-refractivity contribution in [3.8, 4) is 5.88 Å². The van der Waals surface area contributed by atoms with E-state index in [-0.39, 0.29) is 36.0 Å². The number of nitrogens with zero attached hydrogens (tertiary/aromatic N) is 1. The second kappa shape index (κ2) is 12.6. The molecule has 0 bridgehead atoms. The van der Waals surface area contributed by atoms with Gasteiger partial charge >= 0.3 is 6.09 Å². The van der Waals surface area contributed by atoms with Crippen LogP contribution >= 0.6 is 0 Å². The van der Waals surface area contributed by atoms with Gasteiger partial charge in [0, 0.05) is 30.9 Å². The highest BCUT2D eigenvalue weighted by Gasteiger charge is 2.20. The summed E-state index contributed by atoms with van der Waals surface area (Å²) >= 11 is 0. The van der Waals surface area contributed by atoms with Gasteiger partial charge in [0.15, 0.2) is 0 Å². The number of carbonyl (C=O) groups is 3. The number of aliphatic hydroxyl groups excluding tert-OH is 1.